The van der Waals surface area contributed by atoms with Crippen LogP contribution in [0.15, 0.2) is 24.3 Å². The van der Waals surface area contributed by atoms with Gasteiger partial charge in [-0.2, -0.15) is 0 Å². The minimum Gasteiger partial charge on any atom is -0.349 e. The van der Waals surface area contributed by atoms with Crippen LogP contribution in [0.2, 0.25) is 0 Å². The Morgan fingerprint density at radius 1 is 1.16 bits per heavy atom. The largest absolute Gasteiger partial charge is 0.349 e. The fraction of sp³-hybridized carbons (Fsp3) is 0.556. The molecule has 1 unspecified atom stereocenters. The van der Waals surface area contributed by atoms with Crippen LogP contribution in [-0.2, 0) is 14.6 Å². The van der Waals surface area contributed by atoms with Crippen LogP contribution in [0.25, 0.3) is 0 Å². The van der Waals surface area contributed by atoms with Crippen molar-refractivity contribution >= 4 is 21.7 Å². The topological polar surface area (TPSA) is 74.8 Å². The van der Waals surface area contributed by atoms with Crippen molar-refractivity contribution in [2.24, 2.45) is 11.8 Å². The standard InChI is InChI=1S/C18H24N2O4S/c1-12-6-4-5-7-13(12)18(22)20-10-15-14(17(21)19(2)3)8-9-25(23,24)16(15)11-20/h4-7,14-16H,8-11H2,1-3H3/t14?,15-,16-/m1/s1. The average Bonchev–Trinajstić information content (AvgIpc) is 3.01. The molecule has 3 rings (SSSR count). The Kier molecular flexibility index (Phi) is 4.62. The van der Waals surface area contributed by atoms with E-state index in [9.17, 15) is 18.0 Å². The maximum absolute atomic E-state index is 12.9. The van der Waals surface area contributed by atoms with E-state index in [0.29, 0.717) is 18.5 Å². The zero-order valence-electron chi connectivity index (χ0n) is 14.8. The number of carbonyl (C=O) groups excluding carboxylic acids is 2. The molecule has 0 aliphatic carbocycles. The van der Waals surface area contributed by atoms with Gasteiger partial charge in [-0.1, -0.05) is 18.2 Å². The van der Waals surface area contributed by atoms with Gasteiger partial charge in [-0.25, -0.2) is 8.42 Å². The molecule has 0 saturated carbocycles. The second-order valence-electron chi connectivity index (χ2n) is 7.22. The van der Waals surface area contributed by atoms with Crippen molar-refractivity contribution in [1.82, 2.24) is 9.80 Å². The van der Waals surface area contributed by atoms with Crippen LogP contribution < -0.4 is 0 Å². The Balaban J connectivity index is 1.89. The number of hydrogen-bond donors (Lipinski definition) is 0. The molecule has 1 aromatic rings. The predicted octanol–water partition coefficient (Wildman–Crippen LogP) is 0.959. The van der Waals surface area contributed by atoms with Gasteiger partial charge in [0.25, 0.3) is 5.91 Å². The Morgan fingerprint density at radius 3 is 2.48 bits per heavy atom. The Hall–Kier alpha value is -1.89. The molecule has 0 N–H and O–H groups in total. The Morgan fingerprint density at radius 2 is 1.84 bits per heavy atom. The maximum Gasteiger partial charge on any atom is 0.254 e. The van der Waals surface area contributed by atoms with Crippen molar-refractivity contribution in [2.75, 3.05) is 32.9 Å². The second-order valence-corrected chi connectivity index (χ2v) is 9.56. The first kappa shape index (κ1) is 17.9. The highest BCUT2D eigenvalue weighted by Crippen LogP contribution is 2.38. The van der Waals surface area contributed by atoms with Crippen molar-refractivity contribution < 1.29 is 18.0 Å². The second kappa shape index (κ2) is 6.44. The smallest absolute Gasteiger partial charge is 0.254 e. The highest BCUT2D eigenvalue weighted by Gasteiger charge is 2.51. The molecule has 136 valence electrons. The van der Waals surface area contributed by atoms with Crippen LogP contribution in [0.5, 0.6) is 0 Å². The first-order valence-corrected chi connectivity index (χ1v) is 10.2. The molecule has 0 aromatic heterocycles. The monoisotopic (exact) mass is 364 g/mol. The van der Waals surface area contributed by atoms with E-state index in [2.05, 4.69) is 0 Å². The summed E-state index contributed by atoms with van der Waals surface area (Å²) in [7, 11) is 0.0965. The van der Waals surface area contributed by atoms with Gasteiger partial charge in [0, 0.05) is 44.6 Å². The summed E-state index contributed by atoms with van der Waals surface area (Å²) in [6.07, 6.45) is 0.340. The van der Waals surface area contributed by atoms with Crippen LogP contribution in [-0.4, -0.2) is 68.2 Å². The zero-order chi connectivity index (χ0) is 18.4. The molecule has 2 heterocycles. The molecule has 2 fully saturated rings. The number of carbonyl (C=O) groups is 2. The summed E-state index contributed by atoms with van der Waals surface area (Å²) < 4.78 is 25.0. The number of sulfone groups is 1. The number of nitrogens with zero attached hydrogens (tertiary/aromatic N) is 2. The maximum atomic E-state index is 12.9. The van der Waals surface area contributed by atoms with Crippen LogP contribution >= 0.6 is 0 Å². The quantitative estimate of drug-likeness (QED) is 0.783. The van der Waals surface area contributed by atoms with Gasteiger partial charge in [0.05, 0.1) is 11.0 Å². The van der Waals surface area contributed by atoms with Crippen molar-refractivity contribution in [3.05, 3.63) is 35.4 Å². The summed E-state index contributed by atoms with van der Waals surface area (Å²) in [5.41, 5.74) is 1.46. The van der Waals surface area contributed by atoms with Crippen LogP contribution in [0.3, 0.4) is 0 Å². The summed E-state index contributed by atoms with van der Waals surface area (Å²) in [6, 6.07) is 7.30. The number of benzene rings is 1. The highest BCUT2D eigenvalue weighted by atomic mass is 32.2. The third-order valence-corrected chi connectivity index (χ3v) is 7.65. The summed E-state index contributed by atoms with van der Waals surface area (Å²) in [5, 5.41) is -0.636. The fourth-order valence-corrected chi connectivity index (χ4v) is 6.11. The summed E-state index contributed by atoms with van der Waals surface area (Å²) in [6.45, 7) is 2.37. The third-order valence-electron chi connectivity index (χ3n) is 5.42. The van der Waals surface area contributed by atoms with E-state index in [1.54, 1.807) is 31.1 Å². The van der Waals surface area contributed by atoms with E-state index < -0.39 is 15.1 Å². The van der Waals surface area contributed by atoms with Crippen molar-refractivity contribution in [2.45, 2.75) is 18.6 Å². The molecule has 25 heavy (non-hydrogen) atoms. The molecule has 7 heteroatoms. The summed E-state index contributed by atoms with van der Waals surface area (Å²) in [5.74, 6) is -0.834. The minimum atomic E-state index is -3.28. The highest BCUT2D eigenvalue weighted by molar-refractivity contribution is 7.92. The Bertz CT molecular complexity index is 803. The molecule has 2 saturated heterocycles. The number of amides is 2. The molecule has 2 amide bonds. The lowest BCUT2D eigenvalue weighted by Crippen LogP contribution is -2.46. The number of hydrogen-bond acceptors (Lipinski definition) is 4. The molecule has 0 radical (unpaired) electrons. The number of rotatable bonds is 2. The first-order chi connectivity index (χ1) is 11.7. The van der Waals surface area contributed by atoms with Gasteiger partial charge >= 0.3 is 0 Å². The summed E-state index contributed by atoms with van der Waals surface area (Å²) in [4.78, 5) is 28.5. The van der Waals surface area contributed by atoms with Gasteiger partial charge in [-0.15, -0.1) is 0 Å². The lowest BCUT2D eigenvalue weighted by Gasteiger charge is -2.33. The van der Waals surface area contributed by atoms with Gasteiger partial charge in [0.1, 0.15) is 0 Å². The minimum absolute atomic E-state index is 0.0187. The molecule has 1 aromatic carbocycles. The van der Waals surface area contributed by atoms with E-state index in [1.807, 2.05) is 19.1 Å². The van der Waals surface area contributed by atoms with Gasteiger partial charge in [-0.3, -0.25) is 9.59 Å². The van der Waals surface area contributed by atoms with Crippen LogP contribution in [0.1, 0.15) is 22.3 Å². The lowest BCUT2D eigenvalue weighted by atomic mass is 9.87. The van der Waals surface area contributed by atoms with Crippen LogP contribution in [0, 0.1) is 18.8 Å². The van der Waals surface area contributed by atoms with E-state index >= 15 is 0 Å². The predicted molar refractivity (Wildman–Crippen MR) is 94.9 cm³/mol. The molecule has 3 atom stereocenters. The normalized spacial score (nSPS) is 27.6. The van der Waals surface area contributed by atoms with Crippen molar-refractivity contribution in [1.29, 1.82) is 0 Å². The van der Waals surface area contributed by atoms with E-state index in [0.717, 1.165) is 5.56 Å². The number of likely N-dealkylation sites (tertiary alicyclic amines) is 1. The molecule has 2 aliphatic rings. The third kappa shape index (κ3) is 3.17. The number of fused-ring (bicyclic) bond motifs is 1. The molecular formula is C18H24N2O4S. The lowest BCUT2D eigenvalue weighted by molar-refractivity contribution is -0.134. The van der Waals surface area contributed by atoms with Gasteiger partial charge < -0.3 is 9.80 Å². The van der Waals surface area contributed by atoms with Gasteiger partial charge in [0.2, 0.25) is 5.91 Å². The van der Waals surface area contributed by atoms with E-state index in [4.69, 9.17) is 0 Å². The molecule has 0 bridgehead atoms. The molecule has 2 aliphatic heterocycles. The Labute approximate surface area is 148 Å². The zero-order valence-corrected chi connectivity index (χ0v) is 15.6. The van der Waals surface area contributed by atoms with E-state index in [1.165, 1.54) is 4.90 Å². The fourth-order valence-electron chi connectivity index (χ4n) is 4.01. The van der Waals surface area contributed by atoms with E-state index in [-0.39, 0.29) is 35.9 Å². The van der Waals surface area contributed by atoms with Gasteiger partial charge in [0.15, 0.2) is 9.84 Å². The molecule has 6 nitrogen and oxygen atoms in total. The van der Waals surface area contributed by atoms with Crippen molar-refractivity contribution in [3.8, 4) is 0 Å². The summed E-state index contributed by atoms with van der Waals surface area (Å²) >= 11 is 0. The SMILES string of the molecule is Cc1ccccc1C(=O)N1C[C@@H]2C(C(=O)N(C)C)CCS(=O)(=O)[C@@H]2C1. The number of aryl methyl sites for hydroxylation is 1. The average molecular weight is 364 g/mol. The first-order valence-electron chi connectivity index (χ1n) is 8.50. The molecule has 0 spiro atoms. The molecular weight excluding hydrogens is 340 g/mol. The van der Waals surface area contributed by atoms with Crippen molar-refractivity contribution in [3.63, 3.8) is 0 Å². The van der Waals surface area contributed by atoms with Crippen LogP contribution in [0.4, 0.5) is 0 Å². The van der Waals surface area contributed by atoms with Gasteiger partial charge in [-0.05, 0) is 25.0 Å².